The summed E-state index contributed by atoms with van der Waals surface area (Å²) in [4.78, 5) is 16.0. The van der Waals surface area contributed by atoms with Crippen molar-refractivity contribution in [2.75, 3.05) is 18.6 Å². The quantitative estimate of drug-likeness (QED) is 0.690. The van der Waals surface area contributed by atoms with Crippen LogP contribution in [-0.2, 0) is 9.84 Å². The van der Waals surface area contributed by atoms with Crippen molar-refractivity contribution >= 4 is 37.3 Å². The van der Waals surface area contributed by atoms with Crippen LogP contribution in [0.1, 0.15) is 21.8 Å². The molecule has 0 spiro atoms. The van der Waals surface area contributed by atoms with Gasteiger partial charge in [0.1, 0.15) is 4.83 Å². The minimum absolute atomic E-state index is 0.0525. The van der Waals surface area contributed by atoms with Gasteiger partial charge in [0.05, 0.1) is 27.8 Å². The van der Waals surface area contributed by atoms with Crippen molar-refractivity contribution in [2.24, 2.45) is 0 Å². The molecule has 1 saturated heterocycles. The number of sulfone groups is 1. The highest BCUT2D eigenvalue weighted by atomic mass is 32.2. The first-order valence-corrected chi connectivity index (χ1v) is 11.0. The van der Waals surface area contributed by atoms with Gasteiger partial charge in [-0.2, -0.15) is 5.10 Å². The highest BCUT2D eigenvalue weighted by molar-refractivity contribution is 7.91. The fraction of sp³-hybridized carbons (Fsp3) is 0.333. The van der Waals surface area contributed by atoms with Crippen LogP contribution in [0.4, 0.5) is 0 Å². The molecule has 0 bridgehead atoms. The van der Waals surface area contributed by atoms with Crippen molar-refractivity contribution < 1.29 is 13.2 Å². The third-order valence-corrected chi connectivity index (χ3v) is 7.68. The topological polar surface area (TPSA) is 72.3 Å². The number of hydrogen-bond acceptors (Lipinski definition) is 5. The summed E-state index contributed by atoms with van der Waals surface area (Å²) in [6, 6.07) is 11.4. The van der Waals surface area contributed by atoms with Crippen LogP contribution in [0.5, 0.6) is 0 Å². The van der Waals surface area contributed by atoms with E-state index in [4.69, 9.17) is 0 Å². The number of aromatic nitrogens is 2. The summed E-state index contributed by atoms with van der Waals surface area (Å²) in [6.07, 6.45) is 0.506. The number of carbonyl (C=O) groups excluding carboxylic acids is 1. The lowest BCUT2D eigenvalue weighted by Crippen LogP contribution is -2.37. The number of aryl methyl sites for hydroxylation is 1. The number of fused-ring (bicyclic) bond motifs is 1. The van der Waals surface area contributed by atoms with Gasteiger partial charge in [-0.25, -0.2) is 13.1 Å². The molecular formula is C18H19N3O3S2. The monoisotopic (exact) mass is 389 g/mol. The van der Waals surface area contributed by atoms with Crippen molar-refractivity contribution in [1.29, 1.82) is 0 Å². The molecule has 4 rings (SSSR count). The predicted molar refractivity (Wildman–Crippen MR) is 103 cm³/mol. The Labute approximate surface area is 156 Å². The molecule has 26 heavy (non-hydrogen) atoms. The molecule has 0 radical (unpaired) electrons. The maximum Gasteiger partial charge on any atom is 0.264 e. The van der Waals surface area contributed by atoms with E-state index in [2.05, 4.69) is 5.10 Å². The van der Waals surface area contributed by atoms with E-state index in [1.165, 1.54) is 11.3 Å². The van der Waals surface area contributed by atoms with E-state index in [0.717, 1.165) is 21.6 Å². The Morgan fingerprint density at radius 1 is 1.31 bits per heavy atom. The smallest absolute Gasteiger partial charge is 0.264 e. The number of benzene rings is 1. The molecule has 6 nitrogen and oxygen atoms in total. The summed E-state index contributed by atoms with van der Waals surface area (Å²) in [5.41, 5.74) is 1.81. The molecule has 1 fully saturated rings. The predicted octanol–water partition coefficient (Wildman–Crippen LogP) is 2.65. The maximum atomic E-state index is 12.9. The molecule has 8 heteroatoms. The van der Waals surface area contributed by atoms with Gasteiger partial charge in [-0.1, -0.05) is 18.2 Å². The summed E-state index contributed by atoms with van der Waals surface area (Å²) >= 11 is 1.39. The summed E-state index contributed by atoms with van der Waals surface area (Å²) < 4.78 is 25.3. The molecule has 2 aromatic heterocycles. The SMILES string of the molecule is Cc1nn(-c2ccccc2)c2sc(C(=O)N(C)C3CCS(=O)(=O)C3)cc12. The van der Waals surface area contributed by atoms with Gasteiger partial charge in [0.15, 0.2) is 9.84 Å². The zero-order valence-electron chi connectivity index (χ0n) is 14.5. The second kappa shape index (κ2) is 6.21. The van der Waals surface area contributed by atoms with Crippen LogP contribution >= 0.6 is 11.3 Å². The Morgan fingerprint density at radius 2 is 2.04 bits per heavy atom. The molecule has 0 N–H and O–H groups in total. The van der Waals surface area contributed by atoms with Crippen LogP contribution < -0.4 is 0 Å². The number of thiophene rings is 1. The molecule has 1 aliphatic heterocycles. The van der Waals surface area contributed by atoms with Crippen molar-refractivity contribution in [1.82, 2.24) is 14.7 Å². The van der Waals surface area contributed by atoms with E-state index in [9.17, 15) is 13.2 Å². The first kappa shape index (κ1) is 17.2. The number of nitrogens with zero attached hydrogens (tertiary/aromatic N) is 3. The van der Waals surface area contributed by atoms with E-state index in [-0.39, 0.29) is 23.5 Å². The van der Waals surface area contributed by atoms with Gasteiger partial charge in [-0.3, -0.25) is 4.79 Å². The third-order valence-electron chi connectivity index (χ3n) is 4.83. The summed E-state index contributed by atoms with van der Waals surface area (Å²) in [5.74, 6) is 0.0769. The van der Waals surface area contributed by atoms with Gasteiger partial charge in [0.2, 0.25) is 0 Å². The highest BCUT2D eigenvalue weighted by Gasteiger charge is 2.33. The summed E-state index contributed by atoms with van der Waals surface area (Å²) in [7, 11) is -1.33. The number of amides is 1. The van der Waals surface area contributed by atoms with Crippen LogP contribution in [0.3, 0.4) is 0 Å². The molecule has 3 heterocycles. The fourth-order valence-electron chi connectivity index (χ4n) is 3.32. The molecule has 1 aliphatic rings. The van der Waals surface area contributed by atoms with E-state index < -0.39 is 9.84 Å². The molecule has 1 atom stereocenters. The Bertz CT molecular complexity index is 1080. The van der Waals surface area contributed by atoms with Gasteiger partial charge < -0.3 is 4.90 Å². The Hall–Kier alpha value is -2.19. The van der Waals surface area contributed by atoms with E-state index in [1.807, 2.05) is 48.0 Å². The van der Waals surface area contributed by atoms with Gasteiger partial charge in [-0.15, -0.1) is 11.3 Å². The van der Waals surface area contributed by atoms with Gasteiger partial charge in [0.25, 0.3) is 5.91 Å². The molecular weight excluding hydrogens is 370 g/mol. The van der Waals surface area contributed by atoms with E-state index in [1.54, 1.807) is 11.9 Å². The first-order chi connectivity index (χ1) is 12.4. The zero-order chi connectivity index (χ0) is 18.5. The minimum Gasteiger partial charge on any atom is -0.337 e. The molecule has 136 valence electrons. The Balaban J connectivity index is 1.69. The maximum absolute atomic E-state index is 12.9. The van der Waals surface area contributed by atoms with Crippen LogP contribution in [0, 0.1) is 6.92 Å². The van der Waals surface area contributed by atoms with Crippen LogP contribution in [0.25, 0.3) is 15.9 Å². The number of para-hydroxylation sites is 1. The fourth-order valence-corrected chi connectivity index (χ4v) is 6.26. The molecule has 3 aromatic rings. The minimum atomic E-state index is -3.02. The average molecular weight is 390 g/mol. The zero-order valence-corrected chi connectivity index (χ0v) is 16.2. The number of rotatable bonds is 3. The van der Waals surface area contributed by atoms with Crippen molar-refractivity contribution in [3.05, 3.63) is 47.0 Å². The van der Waals surface area contributed by atoms with Crippen molar-refractivity contribution in [3.8, 4) is 5.69 Å². The molecule has 0 aliphatic carbocycles. The Morgan fingerprint density at radius 3 is 2.69 bits per heavy atom. The second-order valence-electron chi connectivity index (χ2n) is 6.64. The molecule has 1 amide bonds. The standard InChI is InChI=1S/C18H19N3O3S2/c1-12-15-10-16(17(22)20(2)14-8-9-26(23,24)11-14)25-18(15)21(19-12)13-6-4-3-5-7-13/h3-7,10,14H,8-9,11H2,1-2H3. The van der Waals surface area contributed by atoms with Crippen molar-refractivity contribution in [3.63, 3.8) is 0 Å². The number of carbonyl (C=O) groups is 1. The van der Waals surface area contributed by atoms with Gasteiger partial charge in [0, 0.05) is 18.5 Å². The largest absolute Gasteiger partial charge is 0.337 e. The van der Waals surface area contributed by atoms with Crippen LogP contribution in [0.2, 0.25) is 0 Å². The normalized spacial score (nSPS) is 19.1. The second-order valence-corrected chi connectivity index (χ2v) is 9.89. The van der Waals surface area contributed by atoms with Crippen LogP contribution in [0.15, 0.2) is 36.4 Å². The number of hydrogen-bond donors (Lipinski definition) is 0. The lowest BCUT2D eigenvalue weighted by Gasteiger charge is -2.22. The molecule has 0 saturated carbocycles. The van der Waals surface area contributed by atoms with Crippen molar-refractivity contribution in [2.45, 2.75) is 19.4 Å². The summed E-state index contributed by atoms with van der Waals surface area (Å²) in [6.45, 7) is 1.93. The van der Waals surface area contributed by atoms with Gasteiger partial charge >= 0.3 is 0 Å². The van der Waals surface area contributed by atoms with E-state index >= 15 is 0 Å². The highest BCUT2D eigenvalue weighted by Crippen LogP contribution is 2.31. The lowest BCUT2D eigenvalue weighted by atomic mass is 10.2. The Kier molecular flexibility index (Phi) is 4.11. The van der Waals surface area contributed by atoms with E-state index in [0.29, 0.717) is 11.3 Å². The first-order valence-electron chi connectivity index (χ1n) is 8.38. The summed E-state index contributed by atoms with van der Waals surface area (Å²) in [5, 5.41) is 5.54. The molecule has 1 aromatic carbocycles. The lowest BCUT2D eigenvalue weighted by molar-refractivity contribution is 0.0752. The molecule has 1 unspecified atom stereocenters. The third kappa shape index (κ3) is 2.93. The average Bonchev–Trinajstić information content (AvgIpc) is 3.29. The van der Waals surface area contributed by atoms with Gasteiger partial charge in [-0.05, 0) is 31.5 Å². The van der Waals surface area contributed by atoms with Crippen LogP contribution in [-0.4, -0.2) is 53.6 Å².